The van der Waals surface area contributed by atoms with E-state index < -0.39 is 0 Å². The molecule has 1 atom stereocenters. The van der Waals surface area contributed by atoms with Crippen molar-refractivity contribution in [2.24, 2.45) is 11.7 Å². The molecule has 136 valence electrons. The summed E-state index contributed by atoms with van der Waals surface area (Å²) >= 11 is 0. The molecule has 0 aromatic heterocycles. The van der Waals surface area contributed by atoms with E-state index in [1.165, 1.54) is 5.56 Å². The largest absolute Gasteiger partial charge is 0.497 e. The second-order valence-electron chi connectivity index (χ2n) is 6.96. The van der Waals surface area contributed by atoms with Gasteiger partial charge in [-0.3, -0.25) is 14.5 Å². The van der Waals surface area contributed by atoms with Crippen LogP contribution in [0.3, 0.4) is 0 Å². The lowest BCUT2D eigenvalue weighted by atomic mass is 9.96. The monoisotopic (exact) mass is 345 g/mol. The second kappa shape index (κ2) is 7.87. The van der Waals surface area contributed by atoms with Crippen molar-refractivity contribution in [3.8, 4) is 5.75 Å². The predicted octanol–water partition coefficient (Wildman–Crippen LogP) is 1.56. The lowest BCUT2D eigenvalue weighted by Crippen LogP contribution is -2.45. The Morgan fingerprint density at radius 2 is 1.80 bits per heavy atom. The summed E-state index contributed by atoms with van der Waals surface area (Å²) in [5, 5.41) is 0. The smallest absolute Gasteiger partial charge is 0.236 e. The Labute approximate surface area is 148 Å². The van der Waals surface area contributed by atoms with Gasteiger partial charge in [0, 0.05) is 25.0 Å². The van der Waals surface area contributed by atoms with Crippen molar-refractivity contribution in [2.75, 3.05) is 33.3 Å². The fraction of sp³-hybridized carbons (Fsp3) is 0.579. The van der Waals surface area contributed by atoms with E-state index in [1.54, 1.807) is 7.11 Å². The number of nitrogens with two attached hydrogens (primary N) is 1. The van der Waals surface area contributed by atoms with Gasteiger partial charge >= 0.3 is 0 Å². The number of methoxy groups -OCH3 is 1. The molecule has 2 heterocycles. The third kappa shape index (κ3) is 4.12. The van der Waals surface area contributed by atoms with E-state index in [4.69, 9.17) is 10.5 Å². The van der Waals surface area contributed by atoms with Gasteiger partial charge in [-0.1, -0.05) is 12.1 Å². The quantitative estimate of drug-likeness (QED) is 0.879. The fourth-order valence-corrected chi connectivity index (χ4v) is 3.91. The van der Waals surface area contributed by atoms with Crippen LogP contribution in [0, 0.1) is 5.92 Å². The number of ether oxygens (including phenoxy) is 1. The van der Waals surface area contributed by atoms with E-state index >= 15 is 0 Å². The van der Waals surface area contributed by atoms with Crippen LogP contribution in [0.4, 0.5) is 0 Å². The molecule has 25 heavy (non-hydrogen) atoms. The van der Waals surface area contributed by atoms with E-state index in [2.05, 4.69) is 17.0 Å². The van der Waals surface area contributed by atoms with Crippen LogP contribution in [0.2, 0.25) is 0 Å². The summed E-state index contributed by atoms with van der Waals surface area (Å²) in [5.41, 5.74) is 6.60. The highest BCUT2D eigenvalue weighted by Crippen LogP contribution is 2.32. The van der Waals surface area contributed by atoms with E-state index in [9.17, 15) is 9.59 Å². The van der Waals surface area contributed by atoms with Gasteiger partial charge < -0.3 is 15.4 Å². The molecule has 6 nitrogen and oxygen atoms in total. The summed E-state index contributed by atoms with van der Waals surface area (Å²) in [4.78, 5) is 28.1. The van der Waals surface area contributed by atoms with E-state index in [1.807, 2.05) is 17.0 Å². The molecule has 2 N–H and O–H groups in total. The Hall–Kier alpha value is -2.08. The molecular weight excluding hydrogens is 318 g/mol. The van der Waals surface area contributed by atoms with Crippen LogP contribution in [-0.4, -0.2) is 54.9 Å². The first-order valence-corrected chi connectivity index (χ1v) is 9.03. The van der Waals surface area contributed by atoms with Crippen molar-refractivity contribution in [3.05, 3.63) is 29.8 Å². The van der Waals surface area contributed by atoms with Crippen molar-refractivity contribution in [1.82, 2.24) is 9.80 Å². The standard InChI is InChI=1S/C19H27N3O3/c1-25-16-6-4-14(5-7-16)17-3-2-10-22(17)13-18(23)21-11-8-15(9-12-21)19(20)24/h4-7,15,17H,2-3,8-13H2,1H3,(H2,20,24)/t17-/m1/s1. The van der Waals surface area contributed by atoms with Crippen LogP contribution < -0.4 is 10.5 Å². The summed E-state index contributed by atoms with van der Waals surface area (Å²) in [6.07, 6.45) is 3.54. The summed E-state index contributed by atoms with van der Waals surface area (Å²) in [7, 11) is 1.66. The maximum absolute atomic E-state index is 12.7. The average molecular weight is 345 g/mol. The zero-order valence-electron chi connectivity index (χ0n) is 14.8. The minimum Gasteiger partial charge on any atom is -0.497 e. The predicted molar refractivity (Wildman–Crippen MR) is 95.0 cm³/mol. The number of carbonyl (C=O) groups excluding carboxylic acids is 2. The molecule has 3 rings (SSSR count). The van der Waals surface area contributed by atoms with E-state index in [0.29, 0.717) is 32.5 Å². The van der Waals surface area contributed by atoms with Crippen LogP contribution in [-0.2, 0) is 9.59 Å². The zero-order chi connectivity index (χ0) is 17.8. The van der Waals surface area contributed by atoms with Gasteiger partial charge in [-0.15, -0.1) is 0 Å². The SMILES string of the molecule is COc1ccc([C@H]2CCCN2CC(=O)N2CCC(C(N)=O)CC2)cc1. The van der Waals surface area contributed by atoms with E-state index in [0.717, 1.165) is 25.1 Å². The molecule has 2 aliphatic heterocycles. The average Bonchev–Trinajstić information content (AvgIpc) is 3.10. The van der Waals surface area contributed by atoms with Crippen LogP contribution in [0.15, 0.2) is 24.3 Å². The Balaban J connectivity index is 1.57. The highest BCUT2D eigenvalue weighted by atomic mass is 16.5. The highest BCUT2D eigenvalue weighted by Gasteiger charge is 2.31. The van der Waals surface area contributed by atoms with Crippen molar-refractivity contribution >= 4 is 11.8 Å². The number of primary amides is 1. The maximum Gasteiger partial charge on any atom is 0.236 e. The zero-order valence-corrected chi connectivity index (χ0v) is 14.8. The van der Waals surface area contributed by atoms with Crippen molar-refractivity contribution < 1.29 is 14.3 Å². The normalized spacial score (nSPS) is 22.1. The third-order valence-corrected chi connectivity index (χ3v) is 5.45. The van der Waals surface area contributed by atoms with Crippen LogP contribution in [0.1, 0.15) is 37.3 Å². The highest BCUT2D eigenvalue weighted by molar-refractivity contribution is 5.80. The van der Waals surface area contributed by atoms with Gasteiger partial charge in [-0.05, 0) is 49.9 Å². The maximum atomic E-state index is 12.7. The molecule has 1 aromatic rings. The number of carbonyl (C=O) groups is 2. The number of piperidine rings is 1. The van der Waals surface area contributed by atoms with Gasteiger partial charge in [0.1, 0.15) is 5.75 Å². The minimum atomic E-state index is -0.244. The van der Waals surface area contributed by atoms with Gasteiger partial charge in [0.25, 0.3) is 0 Å². The van der Waals surface area contributed by atoms with Crippen LogP contribution in [0.25, 0.3) is 0 Å². The van der Waals surface area contributed by atoms with Gasteiger partial charge in [0.15, 0.2) is 0 Å². The Kier molecular flexibility index (Phi) is 5.58. The number of nitrogens with zero attached hydrogens (tertiary/aromatic N) is 2. The summed E-state index contributed by atoms with van der Waals surface area (Å²) in [6, 6.07) is 8.41. The molecule has 2 saturated heterocycles. The summed E-state index contributed by atoms with van der Waals surface area (Å²) in [6.45, 7) is 2.65. The number of benzene rings is 1. The van der Waals surface area contributed by atoms with Gasteiger partial charge in [-0.25, -0.2) is 0 Å². The summed E-state index contributed by atoms with van der Waals surface area (Å²) < 4.78 is 5.22. The van der Waals surface area contributed by atoms with Gasteiger partial charge in [-0.2, -0.15) is 0 Å². The first-order chi connectivity index (χ1) is 12.1. The molecular formula is C19H27N3O3. The molecule has 6 heteroatoms. The molecule has 0 saturated carbocycles. The topological polar surface area (TPSA) is 75.9 Å². The third-order valence-electron chi connectivity index (χ3n) is 5.45. The van der Waals surface area contributed by atoms with Crippen molar-refractivity contribution in [1.29, 1.82) is 0 Å². The van der Waals surface area contributed by atoms with Crippen molar-refractivity contribution in [3.63, 3.8) is 0 Å². The number of amides is 2. The number of hydrogen-bond acceptors (Lipinski definition) is 4. The van der Waals surface area contributed by atoms with Crippen LogP contribution >= 0.6 is 0 Å². The lowest BCUT2D eigenvalue weighted by molar-refractivity contribution is -0.136. The Morgan fingerprint density at radius 1 is 1.12 bits per heavy atom. The second-order valence-corrected chi connectivity index (χ2v) is 6.96. The van der Waals surface area contributed by atoms with Crippen LogP contribution in [0.5, 0.6) is 5.75 Å². The molecule has 0 aliphatic carbocycles. The molecule has 2 amide bonds. The van der Waals surface area contributed by atoms with Crippen molar-refractivity contribution in [2.45, 2.75) is 31.7 Å². The number of hydrogen-bond donors (Lipinski definition) is 1. The molecule has 0 spiro atoms. The molecule has 1 aromatic carbocycles. The Bertz CT molecular complexity index is 609. The Morgan fingerprint density at radius 3 is 2.40 bits per heavy atom. The first-order valence-electron chi connectivity index (χ1n) is 9.03. The molecule has 2 fully saturated rings. The number of likely N-dealkylation sites (tertiary alicyclic amines) is 2. The summed E-state index contributed by atoms with van der Waals surface area (Å²) in [5.74, 6) is 0.680. The minimum absolute atomic E-state index is 0.0807. The molecule has 0 unspecified atom stereocenters. The molecule has 0 radical (unpaired) electrons. The van der Waals surface area contributed by atoms with Gasteiger partial charge in [0.05, 0.1) is 13.7 Å². The molecule has 2 aliphatic rings. The fourth-order valence-electron chi connectivity index (χ4n) is 3.91. The van der Waals surface area contributed by atoms with Gasteiger partial charge in [0.2, 0.25) is 11.8 Å². The van der Waals surface area contributed by atoms with E-state index in [-0.39, 0.29) is 23.8 Å². The first kappa shape index (κ1) is 17.7. The lowest BCUT2D eigenvalue weighted by Gasteiger charge is -2.33. The number of rotatable bonds is 5. The molecule has 0 bridgehead atoms.